The minimum absolute atomic E-state index is 0.0244. The van der Waals surface area contributed by atoms with Gasteiger partial charge in [0.15, 0.2) is 0 Å². The fourth-order valence-corrected chi connectivity index (χ4v) is 9.72. The summed E-state index contributed by atoms with van der Waals surface area (Å²) in [6.07, 6.45) is -0.0242. The number of amides is 7. The van der Waals surface area contributed by atoms with Crippen LogP contribution in [0.15, 0.2) is 18.2 Å². The molecule has 2 unspecified atom stereocenters. The summed E-state index contributed by atoms with van der Waals surface area (Å²) in [5.74, 6) is -7.90. The summed E-state index contributed by atoms with van der Waals surface area (Å²) in [5.41, 5.74) is 2.13. The van der Waals surface area contributed by atoms with E-state index in [2.05, 4.69) is 42.5 Å². The number of carbonyl (C=O) groups excluding carboxylic acids is 8. The number of carbonyl (C=O) groups is 11. The Labute approximate surface area is 445 Å². The topological polar surface area (TPSA) is 384 Å². The predicted octanol–water partition coefficient (Wildman–Crippen LogP) is -3.62. The maximum absolute atomic E-state index is 14.3. The van der Waals surface area contributed by atoms with E-state index in [9.17, 15) is 68.1 Å². The van der Waals surface area contributed by atoms with E-state index in [-0.39, 0.29) is 77.2 Å². The highest BCUT2D eigenvalue weighted by Gasteiger charge is 2.46. The van der Waals surface area contributed by atoms with E-state index in [1.165, 1.54) is 4.90 Å². The van der Waals surface area contributed by atoms with Crippen molar-refractivity contribution in [1.82, 2.24) is 52.3 Å². The summed E-state index contributed by atoms with van der Waals surface area (Å²) in [6.45, 7) is 6.43. The van der Waals surface area contributed by atoms with Crippen molar-refractivity contribution in [3.8, 4) is 0 Å². The van der Waals surface area contributed by atoms with E-state index in [4.69, 9.17) is 9.84 Å². The molecule has 1 aromatic carbocycles. The number of aliphatic hydroxyl groups is 1. The molecular formula is C50H75N11O16. The maximum atomic E-state index is 14.3. The molecule has 7 amide bonds. The molecule has 5 rings (SSSR count). The Morgan fingerprint density at radius 3 is 2.12 bits per heavy atom. The van der Waals surface area contributed by atoms with Crippen molar-refractivity contribution in [2.45, 2.75) is 121 Å². The van der Waals surface area contributed by atoms with Crippen LogP contribution in [-0.2, 0) is 70.3 Å². The van der Waals surface area contributed by atoms with Gasteiger partial charge in [0.05, 0.1) is 31.7 Å². The lowest BCUT2D eigenvalue weighted by atomic mass is 9.97. The first-order valence-corrected chi connectivity index (χ1v) is 26.3. The summed E-state index contributed by atoms with van der Waals surface area (Å²) >= 11 is 0. The second-order valence-corrected chi connectivity index (χ2v) is 19.9. The van der Waals surface area contributed by atoms with Crippen LogP contribution in [-0.4, -0.2) is 210 Å². The standard InChI is InChI=1S/C50H75N11O16/c1-3-29(2)44(48(74)56-34-8-7-31-5-4-6-32-23-36(61(45(31)32)49(34)75)47(73)57-35-24-43(71)77-50(35)76)58-38(63)12-15-53-37(62)11-16-54-46(72)33(9-10-40(65)66)55-39(64)27-59-19-13-30(14-20-59)25-51-17-21-60(28-42(69)70)22-18-52-26-41(67)68/h4-6,29-30,33-36,44,50-52,76H,3,7-28H2,1-2H3,(H,53,62)(H,54,72)(H,55,64)(H,56,74)(H,57,73)(H,58,63)(H,65,66)(H,67,68)(H,69,70)/t29-,33+,34-,35?,36-,44-,50?/m0/s1. The molecule has 4 aliphatic heterocycles. The molecule has 0 spiro atoms. The third-order valence-electron chi connectivity index (χ3n) is 14.1. The van der Waals surface area contributed by atoms with E-state index in [1.807, 2.05) is 30.0 Å². The molecule has 0 aromatic heterocycles. The normalized spacial score (nSPS) is 20.4. The number of likely N-dealkylation sites (tertiary alicyclic amines) is 1. The number of piperidine rings is 1. The lowest BCUT2D eigenvalue weighted by molar-refractivity contribution is -0.155. The monoisotopic (exact) mass is 1090 g/mol. The number of nitrogens with one attached hydrogen (secondary N) is 8. The van der Waals surface area contributed by atoms with Crippen molar-refractivity contribution in [3.63, 3.8) is 0 Å². The van der Waals surface area contributed by atoms with Crippen LogP contribution in [0, 0.1) is 11.8 Å². The summed E-state index contributed by atoms with van der Waals surface area (Å²) in [4.78, 5) is 144. The highest BCUT2D eigenvalue weighted by Crippen LogP contribution is 2.39. The fraction of sp³-hybridized carbons (Fsp3) is 0.660. The molecular weight excluding hydrogens is 1010 g/mol. The number of cyclic esters (lactones) is 1. The fourth-order valence-electron chi connectivity index (χ4n) is 9.72. The van der Waals surface area contributed by atoms with Gasteiger partial charge in [-0.3, -0.25) is 67.4 Å². The van der Waals surface area contributed by atoms with Gasteiger partial charge in [-0.15, -0.1) is 0 Å². The number of esters is 1. The molecule has 7 atom stereocenters. The number of carboxylic acids is 3. The van der Waals surface area contributed by atoms with Crippen LogP contribution in [0.1, 0.15) is 82.8 Å². The first-order valence-electron chi connectivity index (χ1n) is 26.3. The number of rotatable bonds is 32. The van der Waals surface area contributed by atoms with Crippen LogP contribution in [0.4, 0.5) is 5.69 Å². The Kier molecular flexibility index (Phi) is 24.0. The first kappa shape index (κ1) is 61.0. The van der Waals surface area contributed by atoms with E-state index >= 15 is 0 Å². The summed E-state index contributed by atoms with van der Waals surface area (Å²) < 4.78 is 4.76. The third kappa shape index (κ3) is 19.3. The van der Waals surface area contributed by atoms with Gasteiger partial charge in [0.25, 0.3) is 0 Å². The lowest BCUT2D eigenvalue weighted by Crippen LogP contribution is -2.59. The number of ether oxygens (including phenoxy) is 1. The van der Waals surface area contributed by atoms with Gasteiger partial charge >= 0.3 is 23.9 Å². The molecule has 27 heteroatoms. The zero-order valence-corrected chi connectivity index (χ0v) is 43.6. The van der Waals surface area contributed by atoms with Gasteiger partial charge in [-0.2, -0.15) is 0 Å². The average molecular weight is 1090 g/mol. The van der Waals surface area contributed by atoms with Gasteiger partial charge in [-0.1, -0.05) is 38.5 Å². The molecule has 0 aliphatic carbocycles. The van der Waals surface area contributed by atoms with Crippen molar-refractivity contribution in [3.05, 3.63) is 29.3 Å². The van der Waals surface area contributed by atoms with Crippen LogP contribution in [0.25, 0.3) is 0 Å². The number of aliphatic hydroxyl groups excluding tert-OH is 1. The summed E-state index contributed by atoms with van der Waals surface area (Å²) in [5, 5.41) is 59.4. The first-order chi connectivity index (χ1) is 36.7. The second kappa shape index (κ2) is 30.2. The van der Waals surface area contributed by atoms with Gasteiger partial charge in [-0.05, 0) is 74.7 Å². The largest absolute Gasteiger partial charge is 0.481 e. The highest BCUT2D eigenvalue weighted by atomic mass is 16.6. The van der Waals surface area contributed by atoms with Crippen molar-refractivity contribution in [2.75, 3.05) is 83.4 Å². The van der Waals surface area contributed by atoms with Gasteiger partial charge in [0.1, 0.15) is 30.2 Å². The molecule has 27 nitrogen and oxygen atoms in total. The third-order valence-corrected chi connectivity index (χ3v) is 14.1. The van der Waals surface area contributed by atoms with Crippen molar-refractivity contribution in [1.29, 1.82) is 0 Å². The average Bonchev–Trinajstić information content (AvgIpc) is 3.94. The quantitative estimate of drug-likeness (QED) is 0.0245. The van der Waals surface area contributed by atoms with Crippen molar-refractivity contribution in [2.24, 2.45) is 11.8 Å². The molecule has 77 heavy (non-hydrogen) atoms. The predicted molar refractivity (Wildman–Crippen MR) is 272 cm³/mol. The SMILES string of the molecule is CC[C@H](C)[C@H](NC(=O)CCNC(=O)CCNC(=O)[C@@H](CCC(=O)O)NC(=O)CN1CCC(CNCCN(CCNCC(=O)O)CC(=O)O)CC1)C(=O)N[C@H]1CCc2cccc3c2N(C1=O)[C@H](C(=O)NC1CC(=O)OC1O)C3. The molecule has 0 radical (unpaired) electrons. The molecule has 2 fully saturated rings. The highest BCUT2D eigenvalue weighted by molar-refractivity contribution is 6.08. The van der Waals surface area contributed by atoms with E-state index in [0.717, 1.165) is 24.0 Å². The van der Waals surface area contributed by atoms with Crippen LogP contribution in [0.2, 0.25) is 0 Å². The zero-order chi connectivity index (χ0) is 56.2. The molecule has 4 heterocycles. The molecule has 426 valence electrons. The molecule has 0 saturated carbocycles. The number of para-hydroxylation sites is 1. The van der Waals surface area contributed by atoms with Gasteiger partial charge < -0.3 is 67.7 Å². The van der Waals surface area contributed by atoms with Crippen LogP contribution >= 0.6 is 0 Å². The smallest absolute Gasteiger partial charge is 0.317 e. The Balaban J connectivity index is 1.01. The summed E-state index contributed by atoms with van der Waals surface area (Å²) in [7, 11) is 0. The van der Waals surface area contributed by atoms with Crippen molar-refractivity contribution >= 4 is 70.9 Å². The molecule has 0 bridgehead atoms. The minimum atomic E-state index is -1.53. The van der Waals surface area contributed by atoms with Crippen LogP contribution in [0.5, 0.6) is 0 Å². The number of anilines is 1. The Hall–Kier alpha value is -6.81. The number of hydrogen-bond acceptors (Lipinski definition) is 17. The molecule has 4 aliphatic rings. The number of hydrogen-bond donors (Lipinski definition) is 12. The molecule has 12 N–H and O–H groups in total. The minimum Gasteiger partial charge on any atom is -0.481 e. The Morgan fingerprint density at radius 2 is 1.45 bits per heavy atom. The van der Waals surface area contributed by atoms with Crippen molar-refractivity contribution < 1.29 is 77.9 Å². The maximum Gasteiger partial charge on any atom is 0.317 e. The Bertz CT molecular complexity index is 2300. The van der Waals surface area contributed by atoms with E-state index in [1.54, 1.807) is 11.8 Å². The number of aryl methyl sites for hydroxylation is 1. The van der Waals surface area contributed by atoms with Gasteiger partial charge in [0, 0.05) is 65.0 Å². The Morgan fingerprint density at radius 1 is 0.766 bits per heavy atom. The van der Waals surface area contributed by atoms with Crippen LogP contribution < -0.4 is 47.4 Å². The van der Waals surface area contributed by atoms with Crippen LogP contribution in [0.3, 0.4) is 0 Å². The number of aliphatic carboxylic acids is 3. The molecule has 2 saturated heterocycles. The lowest BCUT2D eigenvalue weighted by Gasteiger charge is -2.32. The van der Waals surface area contributed by atoms with E-state index < -0.39 is 108 Å². The molecule has 1 aromatic rings. The second-order valence-electron chi connectivity index (χ2n) is 19.9. The number of nitrogens with zero attached hydrogens (tertiary/aromatic N) is 3. The van der Waals surface area contributed by atoms with Gasteiger partial charge in [0.2, 0.25) is 47.6 Å². The summed E-state index contributed by atoms with van der Waals surface area (Å²) in [6, 6.07) is 0.114. The number of carboxylic acid groups (broad SMARTS) is 3. The zero-order valence-electron chi connectivity index (χ0n) is 43.6. The number of benzene rings is 1. The van der Waals surface area contributed by atoms with Gasteiger partial charge in [-0.25, -0.2) is 0 Å². The van der Waals surface area contributed by atoms with E-state index in [0.29, 0.717) is 70.3 Å².